The normalized spacial score (nSPS) is 10.7. The molecule has 0 aromatic carbocycles. The Labute approximate surface area is 126 Å². The predicted octanol–water partition coefficient (Wildman–Crippen LogP) is 3.65. The second-order valence-electron chi connectivity index (χ2n) is 4.35. The van der Waals surface area contributed by atoms with E-state index in [1.165, 1.54) is 10.4 Å². The van der Waals surface area contributed by atoms with Crippen molar-refractivity contribution in [2.45, 2.75) is 20.0 Å². The van der Waals surface area contributed by atoms with E-state index in [4.69, 9.17) is 0 Å². The first kappa shape index (κ1) is 14.5. The van der Waals surface area contributed by atoms with Gasteiger partial charge in [0.2, 0.25) is 0 Å². The summed E-state index contributed by atoms with van der Waals surface area (Å²) in [7, 11) is 2.09. The van der Waals surface area contributed by atoms with Crippen LogP contribution in [0.4, 0.5) is 5.82 Å². The maximum Gasteiger partial charge on any atom is 0.133 e. The molecule has 102 valence electrons. The summed E-state index contributed by atoms with van der Waals surface area (Å²) in [5.74, 6) is 1.04. The Kier molecular flexibility index (Phi) is 5.36. The van der Waals surface area contributed by atoms with Crippen LogP contribution in [-0.2, 0) is 13.1 Å². The lowest BCUT2D eigenvalue weighted by Crippen LogP contribution is -2.21. The summed E-state index contributed by atoms with van der Waals surface area (Å²) in [4.78, 5) is 8.10. The van der Waals surface area contributed by atoms with Crippen molar-refractivity contribution < 1.29 is 0 Å². The molecule has 0 aliphatic rings. The molecule has 0 fully saturated rings. The van der Waals surface area contributed by atoms with Gasteiger partial charge in [0.25, 0.3) is 0 Å². The smallest absolute Gasteiger partial charge is 0.133 e. The van der Waals surface area contributed by atoms with E-state index >= 15 is 0 Å². The molecule has 0 aliphatic carbocycles. The Morgan fingerprint density at radius 3 is 3.00 bits per heavy atom. The molecule has 2 aromatic rings. The number of nitrogens with one attached hydrogen (secondary N) is 1. The molecule has 0 saturated heterocycles. The van der Waals surface area contributed by atoms with Gasteiger partial charge in [0.15, 0.2) is 0 Å². The molecule has 0 bridgehead atoms. The largest absolute Gasteiger partial charge is 0.354 e. The molecule has 3 nitrogen and oxygen atoms in total. The molecular formula is C14H18BrN3S. The molecule has 2 heterocycles. The molecule has 5 heteroatoms. The Bertz CT molecular complexity index is 513. The molecule has 0 aliphatic heterocycles. The summed E-state index contributed by atoms with van der Waals surface area (Å²) < 4.78 is 1.02. The molecular weight excluding hydrogens is 322 g/mol. The average molecular weight is 340 g/mol. The highest BCUT2D eigenvalue weighted by molar-refractivity contribution is 9.10. The van der Waals surface area contributed by atoms with E-state index in [-0.39, 0.29) is 0 Å². The zero-order valence-electron chi connectivity index (χ0n) is 11.2. The fourth-order valence-corrected chi connectivity index (χ4v) is 3.05. The molecule has 1 N–H and O–H groups in total. The molecule has 2 rings (SSSR count). The minimum absolute atomic E-state index is 0.840. The minimum Gasteiger partial charge on any atom is -0.354 e. The fourth-order valence-electron chi connectivity index (χ4n) is 1.92. The van der Waals surface area contributed by atoms with Crippen LogP contribution in [0.3, 0.4) is 0 Å². The van der Waals surface area contributed by atoms with Crippen LogP contribution in [0, 0.1) is 0 Å². The third-order valence-electron chi connectivity index (χ3n) is 2.81. The Morgan fingerprint density at radius 2 is 2.32 bits per heavy atom. The first-order valence-electron chi connectivity index (χ1n) is 6.29. The van der Waals surface area contributed by atoms with Crippen molar-refractivity contribution in [1.82, 2.24) is 10.3 Å². The maximum absolute atomic E-state index is 4.56. The van der Waals surface area contributed by atoms with Crippen LogP contribution in [0.15, 0.2) is 34.2 Å². The summed E-state index contributed by atoms with van der Waals surface area (Å²) >= 11 is 5.27. The number of nitrogens with zero attached hydrogens (tertiary/aromatic N) is 2. The number of rotatable bonds is 6. The van der Waals surface area contributed by atoms with E-state index in [9.17, 15) is 0 Å². The molecule has 0 radical (unpaired) electrons. The molecule has 0 atom stereocenters. The molecule has 2 aromatic heterocycles. The quantitative estimate of drug-likeness (QED) is 0.870. The van der Waals surface area contributed by atoms with Crippen LogP contribution in [0.5, 0.6) is 0 Å². The third-order valence-corrected chi connectivity index (χ3v) is 4.10. The van der Waals surface area contributed by atoms with E-state index in [0.717, 1.165) is 29.9 Å². The van der Waals surface area contributed by atoms with E-state index in [2.05, 4.69) is 68.7 Å². The summed E-state index contributed by atoms with van der Waals surface area (Å²) in [6, 6.07) is 6.38. The topological polar surface area (TPSA) is 28.2 Å². The van der Waals surface area contributed by atoms with Crippen molar-refractivity contribution in [3.05, 3.63) is 44.7 Å². The van der Waals surface area contributed by atoms with Crippen LogP contribution < -0.4 is 10.2 Å². The van der Waals surface area contributed by atoms with Gasteiger partial charge in [-0.1, -0.05) is 13.0 Å². The highest BCUT2D eigenvalue weighted by atomic mass is 79.9. The van der Waals surface area contributed by atoms with Crippen molar-refractivity contribution >= 4 is 33.1 Å². The van der Waals surface area contributed by atoms with Crippen molar-refractivity contribution in [2.75, 3.05) is 18.5 Å². The Morgan fingerprint density at radius 1 is 1.47 bits per heavy atom. The van der Waals surface area contributed by atoms with Gasteiger partial charge in [-0.15, -0.1) is 11.3 Å². The van der Waals surface area contributed by atoms with Gasteiger partial charge in [0, 0.05) is 34.7 Å². The van der Waals surface area contributed by atoms with E-state index < -0.39 is 0 Å². The summed E-state index contributed by atoms with van der Waals surface area (Å²) in [6.07, 6.45) is 1.86. The van der Waals surface area contributed by atoms with E-state index in [1.54, 1.807) is 11.3 Å². The third kappa shape index (κ3) is 4.03. The van der Waals surface area contributed by atoms with Crippen molar-refractivity contribution in [2.24, 2.45) is 0 Å². The zero-order chi connectivity index (χ0) is 13.7. The number of halogens is 1. The van der Waals surface area contributed by atoms with Gasteiger partial charge in [-0.05, 0) is 40.0 Å². The van der Waals surface area contributed by atoms with Crippen LogP contribution >= 0.6 is 27.3 Å². The number of hydrogen-bond acceptors (Lipinski definition) is 4. The molecule has 0 spiro atoms. The summed E-state index contributed by atoms with van der Waals surface area (Å²) in [5, 5.41) is 5.47. The van der Waals surface area contributed by atoms with Gasteiger partial charge in [-0.25, -0.2) is 4.98 Å². The van der Waals surface area contributed by atoms with Gasteiger partial charge in [-0.3, -0.25) is 0 Å². The van der Waals surface area contributed by atoms with Crippen LogP contribution in [0.25, 0.3) is 0 Å². The Balaban J connectivity index is 2.17. The Hall–Kier alpha value is -0.910. The number of anilines is 1. The van der Waals surface area contributed by atoms with Crippen molar-refractivity contribution in [1.29, 1.82) is 0 Å². The lowest BCUT2D eigenvalue weighted by Gasteiger charge is -2.21. The van der Waals surface area contributed by atoms with E-state index in [0.29, 0.717) is 0 Å². The SMILES string of the molecule is CCNCc1cc(Br)cnc1N(C)Cc1cccs1. The maximum atomic E-state index is 4.56. The second kappa shape index (κ2) is 7.03. The van der Waals surface area contributed by atoms with Gasteiger partial charge in [0.05, 0.1) is 6.54 Å². The minimum atomic E-state index is 0.840. The first-order chi connectivity index (χ1) is 9.20. The average Bonchev–Trinajstić information content (AvgIpc) is 2.89. The van der Waals surface area contributed by atoms with Crippen molar-refractivity contribution in [3.8, 4) is 0 Å². The number of pyridine rings is 1. The van der Waals surface area contributed by atoms with Crippen LogP contribution in [-0.4, -0.2) is 18.6 Å². The van der Waals surface area contributed by atoms with E-state index in [1.807, 2.05) is 6.20 Å². The fraction of sp³-hybridized carbons (Fsp3) is 0.357. The molecule has 0 amide bonds. The summed E-state index contributed by atoms with van der Waals surface area (Å²) in [5.41, 5.74) is 1.22. The van der Waals surface area contributed by atoms with Gasteiger partial charge >= 0.3 is 0 Å². The molecule has 0 saturated carbocycles. The van der Waals surface area contributed by atoms with Gasteiger partial charge in [0.1, 0.15) is 5.82 Å². The lowest BCUT2D eigenvalue weighted by atomic mass is 10.2. The monoisotopic (exact) mass is 339 g/mol. The molecule has 19 heavy (non-hydrogen) atoms. The zero-order valence-corrected chi connectivity index (χ0v) is 13.6. The standard InChI is InChI=1S/C14H18BrN3S/c1-3-16-8-11-7-12(15)9-17-14(11)18(2)10-13-5-4-6-19-13/h4-7,9,16H,3,8,10H2,1-2H3. The summed E-state index contributed by atoms with van der Waals surface area (Å²) in [6.45, 7) is 4.81. The van der Waals surface area contributed by atoms with Gasteiger partial charge in [-0.2, -0.15) is 0 Å². The van der Waals surface area contributed by atoms with Crippen LogP contribution in [0.1, 0.15) is 17.4 Å². The second-order valence-corrected chi connectivity index (χ2v) is 6.30. The number of aromatic nitrogens is 1. The molecule has 0 unspecified atom stereocenters. The highest BCUT2D eigenvalue weighted by Crippen LogP contribution is 2.23. The highest BCUT2D eigenvalue weighted by Gasteiger charge is 2.10. The van der Waals surface area contributed by atoms with Gasteiger partial charge < -0.3 is 10.2 Å². The number of hydrogen-bond donors (Lipinski definition) is 1. The first-order valence-corrected chi connectivity index (χ1v) is 7.96. The lowest BCUT2D eigenvalue weighted by molar-refractivity contribution is 0.719. The van der Waals surface area contributed by atoms with Crippen molar-refractivity contribution in [3.63, 3.8) is 0 Å². The predicted molar refractivity (Wildman–Crippen MR) is 85.7 cm³/mol. The number of thiophene rings is 1. The van der Waals surface area contributed by atoms with Crippen LogP contribution in [0.2, 0.25) is 0 Å².